The normalized spacial score (nSPS) is 10.9. The van der Waals surface area contributed by atoms with E-state index in [1.165, 1.54) is 5.56 Å². The molecule has 4 heteroatoms. The molecule has 4 nitrogen and oxygen atoms in total. The number of nitrogens with zero attached hydrogens (tertiary/aromatic N) is 3. The summed E-state index contributed by atoms with van der Waals surface area (Å²) in [5.74, 6) is 2.28. The topological polar surface area (TPSA) is 55.0 Å². The largest absolute Gasteiger partial charge is 0.384 e. The monoisotopic (exact) mass is 284 g/mol. The van der Waals surface area contributed by atoms with E-state index in [1.54, 1.807) is 0 Å². The van der Waals surface area contributed by atoms with Crippen LogP contribution in [0.2, 0.25) is 0 Å². The number of aromatic nitrogens is 2. The van der Waals surface area contributed by atoms with Gasteiger partial charge in [-0.3, -0.25) is 0 Å². The third-order valence-electron chi connectivity index (χ3n) is 3.37. The van der Waals surface area contributed by atoms with Crippen LogP contribution in [0.1, 0.15) is 38.6 Å². The van der Waals surface area contributed by atoms with Crippen LogP contribution in [-0.2, 0) is 13.0 Å². The summed E-state index contributed by atoms with van der Waals surface area (Å²) in [4.78, 5) is 11.2. The summed E-state index contributed by atoms with van der Waals surface area (Å²) in [6.07, 6.45) is 1.87. The van der Waals surface area contributed by atoms with Gasteiger partial charge in [-0.25, -0.2) is 9.97 Å². The summed E-state index contributed by atoms with van der Waals surface area (Å²) in [6, 6.07) is 12.6. The van der Waals surface area contributed by atoms with Crippen molar-refractivity contribution in [3.05, 3.63) is 47.8 Å². The Kier molecular flexibility index (Phi) is 5.14. The van der Waals surface area contributed by atoms with E-state index in [0.29, 0.717) is 11.9 Å². The zero-order valence-corrected chi connectivity index (χ0v) is 13.1. The number of nitrogens with two attached hydrogens (primary N) is 1. The quantitative estimate of drug-likeness (QED) is 0.883. The Labute approximate surface area is 127 Å². The Hall–Kier alpha value is -2.10. The number of aryl methyl sites for hydroxylation is 1. The average molecular weight is 284 g/mol. The van der Waals surface area contributed by atoms with Crippen LogP contribution in [-0.4, -0.2) is 16.0 Å². The van der Waals surface area contributed by atoms with Crippen molar-refractivity contribution in [3.63, 3.8) is 0 Å². The van der Waals surface area contributed by atoms with E-state index in [2.05, 4.69) is 59.9 Å². The molecule has 21 heavy (non-hydrogen) atoms. The zero-order chi connectivity index (χ0) is 15.2. The SMILES string of the molecule is CCCc1nc(N)cc(N(Cc2ccccc2)C(C)C)n1. The van der Waals surface area contributed by atoms with Gasteiger partial charge in [0.25, 0.3) is 0 Å². The van der Waals surface area contributed by atoms with Gasteiger partial charge in [0.05, 0.1) is 0 Å². The first-order valence-corrected chi connectivity index (χ1v) is 7.54. The maximum Gasteiger partial charge on any atom is 0.134 e. The predicted octanol–water partition coefficient (Wildman–Crippen LogP) is 3.43. The van der Waals surface area contributed by atoms with Crippen molar-refractivity contribution < 1.29 is 0 Å². The van der Waals surface area contributed by atoms with Crippen LogP contribution in [0.5, 0.6) is 0 Å². The van der Waals surface area contributed by atoms with E-state index in [4.69, 9.17) is 5.73 Å². The summed E-state index contributed by atoms with van der Waals surface area (Å²) in [5.41, 5.74) is 7.21. The fourth-order valence-electron chi connectivity index (χ4n) is 2.29. The standard InChI is InChI=1S/C17H24N4/c1-4-8-16-19-15(18)11-17(20-16)21(13(2)3)12-14-9-6-5-7-10-14/h5-7,9-11,13H,4,8,12H2,1-3H3,(H2,18,19,20). The molecule has 0 unspecified atom stereocenters. The molecule has 0 fully saturated rings. The van der Waals surface area contributed by atoms with Crippen LogP contribution < -0.4 is 10.6 Å². The van der Waals surface area contributed by atoms with Crippen molar-refractivity contribution in [2.45, 2.75) is 46.2 Å². The fraction of sp³-hybridized carbons (Fsp3) is 0.412. The van der Waals surface area contributed by atoms with E-state index in [0.717, 1.165) is 31.0 Å². The molecule has 1 aromatic heterocycles. The number of hydrogen-bond donors (Lipinski definition) is 1. The molecule has 0 spiro atoms. The number of hydrogen-bond acceptors (Lipinski definition) is 4. The van der Waals surface area contributed by atoms with Crippen molar-refractivity contribution in [3.8, 4) is 0 Å². The van der Waals surface area contributed by atoms with E-state index in [9.17, 15) is 0 Å². The summed E-state index contributed by atoms with van der Waals surface area (Å²) in [6.45, 7) is 7.28. The van der Waals surface area contributed by atoms with Gasteiger partial charge in [-0.1, -0.05) is 37.3 Å². The maximum atomic E-state index is 5.94. The lowest BCUT2D eigenvalue weighted by molar-refractivity contribution is 0.666. The van der Waals surface area contributed by atoms with Crippen molar-refractivity contribution >= 4 is 11.6 Å². The number of benzene rings is 1. The molecule has 0 amide bonds. The molecule has 0 aliphatic rings. The third-order valence-corrected chi connectivity index (χ3v) is 3.37. The molecule has 0 aliphatic carbocycles. The average Bonchev–Trinajstić information content (AvgIpc) is 2.45. The number of rotatable bonds is 6. The maximum absolute atomic E-state index is 5.94. The van der Waals surface area contributed by atoms with Crippen molar-refractivity contribution in [1.82, 2.24) is 9.97 Å². The molecule has 2 N–H and O–H groups in total. The van der Waals surface area contributed by atoms with Crippen molar-refractivity contribution in [2.24, 2.45) is 0 Å². The summed E-state index contributed by atoms with van der Waals surface area (Å²) in [5, 5.41) is 0. The second-order valence-electron chi connectivity index (χ2n) is 5.52. The molecule has 0 bridgehead atoms. The van der Waals surface area contributed by atoms with Gasteiger partial charge in [-0.2, -0.15) is 0 Å². The smallest absolute Gasteiger partial charge is 0.134 e. The number of anilines is 2. The summed E-state index contributed by atoms with van der Waals surface area (Å²) < 4.78 is 0. The second-order valence-corrected chi connectivity index (χ2v) is 5.52. The molecule has 0 aliphatic heterocycles. The third kappa shape index (κ3) is 4.18. The van der Waals surface area contributed by atoms with Gasteiger partial charge in [0.2, 0.25) is 0 Å². The van der Waals surface area contributed by atoms with Crippen LogP contribution in [0.4, 0.5) is 11.6 Å². The molecule has 0 saturated heterocycles. The van der Waals surface area contributed by atoms with Crippen LogP contribution in [0, 0.1) is 0 Å². The molecule has 0 atom stereocenters. The van der Waals surface area contributed by atoms with Gasteiger partial charge < -0.3 is 10.6 Å². The minimum absolute atomic E-state index is 0.342. The first-order chi connectivity index (χ1) is 10.1. The lowest BCUT2D eigenvalue weighted by atomic mass is 10.2. The Balaban J connectivity index is 2.29. The Bertz CT molecular complexity index is 566. The zero-order valence-electron chi connectivity index (χ0n) is 13.1. The molecule has 2 rings (SSSR count). The minimum Gasteiger partial charge on any atom is -0.384 e. The van der Waals surface area contributed by atoms with Crippen LogP contribution in [0.15, 0.2) is 36.4 Å². The van der Waals surface area contributed by atoms with Gasteiger partial charge in [0.1, 0.15) is 17.5 Å². The first kappa shape index (κ1) is 15.3. The van der Waals surface area contributed by atoms with Gasteiger partial charge in [-0.05, 0) is 25.8 Å². The molecule has 112 valence electrons. The first-order valence-electron chi connectivity index (χ1n) is 7.54. The highest BCUT2D eigenvalue weighted by molar-refractivity contribution is 5.48. The molecule has 1 aromatic carbocycles. The predicted molar refractivity (Wildman–Crippen MR) is 88.2 cm³/mol. The molecule has 1 heterocycles. The van der Waals surface area contributed by atoms with E-state index >= 15 is 0 Å². The van der Waals surface area contributed by atoms with E-state index in [-0.39, 0.29) is 0 Å². The van der Waals surface area contributed by atoms with Crippen LogP contribution >= 0.6 is 0 Å². The lowest BCUT2D eigenvalue weighted by Gasteiger charge is -2.28. The Morgan fingerprint density at radius 3 is 2.48 bits per heavy atom. The Morgan fingerprint density at radius 2 is 1.86 bits per heavy atom. The van der Waals surface area contributed by atoms with Crippen molar-refractivity contribution in [2.75, 3.05) is 10.6 Å². The minimum atomic E-state index is 0.342. The van der Waals surface area contributed by atoms with Crippen LogP contribution in [0.3, 0.4) is 0 Å². The highest BCUT2D eigenvalue weighted by Gasteiger charge is 2.14. The van der Waals surface area contributed by atoms with Gasteiger partial charge in [0, 0.05) is 25.1 Å². The second kappa shape index (κ2) is 7.07. The molecule has 0 radical (unpaired) electrons. The lowest BCUT2D eigenvalue weighted by Crippen LogP contribution is -2.31. The van der Waals surface area contributed by atoms with Gasteiger partial charge in [-0.15, -0.1) is 0 Å². The highest BCUT2D eigenvalue weighted by Crippen LogP contribution is 2.20. The summed E-state index contributed by atoms with van der Waals surface area (Å²) >= 11 is 0. The van der Waals surface area contributed by atoms with E-state index < -0.39 is 0 Å². The van der Waals surface area contributed by atoms with E-state index in [1.807, 2.05) is 12.1 Å². The van der Waals surface area contributed by atoms with Gasteiger partial charge >= 0.3 is 0 Å². The van der Waals surface area contributed by atoms with Gasteiger partial charge in [0.15, 0.2) is 0 Å². The molecular formula is C17H24N4. The Morgan fingerprint density at radius 1 is 1.14 bits per heavy atom. The van der Waals surface area contributed by atoms with Crippen molar-refractivity contribution in [1.29, 1.82) is 0 Å². The van der Waals surface area contributed by atoms with Crippen LogP contribution in [0.25, 0.3) is 0 Å². The fourth-order valence-corrected chi connectivity index (χ4v) is 2.29. The molecule has 2 aromatic rings. The molecular weight excluding hydrogens is 260 g/mol. The number of nitrogen functional groups attached to an aromatic ring is 1. The highest BCUT2D eigenvalue weighted by atomic mass is 15.2. The summed E-state index contributed by atoms with van der Waals surface area (Å²) in [7, 11) is 0. The molecule has 0 saturated carbocycles.